The van der Waals surface area contributed by atoms with E-state index in [2.05, 4.69) is 46.2 Å². The van der Waals surface area contributed by atoms with Crippen LogP contribution in [0.25, 0.3) is 33.8 Å². The maximum atomic E-state index is 13.9. The molecule has 10 heterocycles. The highest BCUT2D eigenvalue weighted by atomic mass is 32.1. The molecule has 3 N–H and O–H groups in total. The van der Waals surface area contributed by atoms with E-state index in [0.29, 0.717) is 42.6 Å². The molecule has 10 rings (SSSR count). The Balaban J connectivity index is 0.882. The number of carbonyl (C=O) groups excluding carboxylic acids is 1. The number of hydrogen-bond donors (Lipinski definition) is 3. The first-order chi connectivity index (χ1) is 30.4. The number of amides is 1. The van der Waals surface area contributed by atoms with E-state index in [4.69, 9.17) is 29.2 Å². The first kappa shape index (κ1) is 39.9. The van der Waals surface area contributed by atoms with Gasteiger partial charge in [-0.15, -0.1) is 11.3 Å². The fourth-order valence-electron chi connectivity index (χ4n) is 8.33. The monoisotopic (exact) mass is 872 g/mol. The summed E-state index contributed by atoms with van der Waals surface area (Å²) in [5.41, 5.74) is 8.63. The summed E-state index contributed by atoms with van der Waals surface area (Å²) < 4.78 is 14.4. The van der Waals surface area contributed by atoms with E-state index in [0.717, 1.165) is 106 Å². The van der Waals surface area contributed by atoms with E-state index < -0.39 is 0 Å². The van der Waals surface area contributed by atoms with E-state index in [1.54, 1.807) is 13.3 Å². The molecule has 8 aromatic heterocycles. The molecule has 0 saturated carbocycles. The van der Waals surface area contributed by atoms with Gasteiger partial charge in [-0.25, -0.2) is 19.9 Å². The second kappa shape index (κ2) is 17.3. The van der Waals surface area contributed by atoms with Gasteiger partial charge in [0.2, 0.25) is 0 Å². The minimum absolute atomic E-state index is 0.141. The zero-order chi connectivity index (χ0) is 42.2. The van der Waals surface area contributed by atoms with E-state index in [1.807, 2.05) is 77.4 Å². The Morgan fingerprint density at radius 3 is 2.23 bits per heavy atom. The third-order valence-corrected chi connectivity index (χ3v) is 13.2. The highest BCUT2D eigenvalue weighted by Crippen LogP contribution is 2.35. The summed E-state index contributed by atoms with van der Waals surface area (Å²) in [6, 6.07) is 4.17. The van der Waals surface area contributed by atoms with Crippen molar-refractivity contribution in [2.75, 3.05) is 62.1 Å². The summed E-state index contributed by atoms with van der Waals surface area (Å²) in [7, 11) is 1.69. The third-order valence-electron chi connectivity index (χ3n) is 11.4. The molecule has 0 spiro atoms. The molecule has 0 unspecified atom stereocenters. The van der Waals surface area contributed by atoms with Gasteiger partial charge in [-0.05, 0) is 88.3 Å². The molecule has 8 aromatic rings. The van der Waals surface area contributed by atoms with Crippen LogP contribution in [0.5, 0.6) is 0 Å². The molecule has 62 heavy (non-hydrogen) atoms. The number of aryl methyl sites for hydroxylation is 2. The number of aromatic nitrogens is 11. The quantitative estimate of drug-likeness (QED) is 0.0998. The summed E-state index contributed by atoms with van der Waals surface area (Å²) in [4.78, 5) is 40.2. The number of thiophene rings is 1. The number of nitrogens with zero attached hydrogens (tertiary/aromatic N) is 13. The van der Waals surface area contributed by atoms with E-state index in [-0.39, 0.29) is 5.91 Å². The molecule has 2 aliphatic heterocycles. The van der Waals surface area contributed by atoms with Crippen molar-refractivity contribution in [2.45, 2.75) is 59.0 Å². The number of carbonyl (C=O) groups is 1. The Kier molecular flexibility index (Phi) is 11.1. The number of rotatable bonds is 15. The zero-order valence-corrected chi connectivity index (χ0v) is 36.5. The lowest BCUT2D eigenvalue weighted by Gasteiger charge is -2.27. The Morgan fingerprint density at radius 1 is 0.839 bits per heavy atom. The molecule has 0 atom stereocenters. The van der Waals surface area contributed by atoms with E-state index in [9.17, 15) is 4.79 Å². The highest BCUT2D eigenvalue weighted by molar-refractivity contribution is 7.18. The van der Waals surface area contributed by atoms with Gasteiger partial charge >= 0.3 is 0 Å². The molecule has 320 valence electrons. The number of fused-ring (bicyclic) bond motifs is 2. The van der Waals surface area contributed by atoms with Crippen LogP contribution in [0.3, 0.4) is 0 Å². The van der Waals surface area contributed by atoms with Gasteiger partial charge in [0.25, 0.3) is 5.91 Å². The molecule has 2 saturated heterocycles. The molecule has 2 fully saturated rings. The summed E-state index contributed by atoms with van der Waals surface area (Å²) in [6.07, 6.45) is 20.8. The van der Waals surface area contributed by atoms with Crippen LogP contribution in [-0.2, 0) is 17.8 Å². The molecule has 18 nitrogen and oxygen atoms in total. The maximum absolute atomic E-state index is 13.9. The van der Waals surface area contributed by atoms with Crippen molar-refractivity contribution in [1.29, 1.82) is 0 Å². The standard InChI is InChI=1S/C42H48N16O2S2/c1-27-22-56-33(30-17-45-46-18-30)20-43-41(56)39(49-27)51-36-16-32(52-62-36)26-55(13-14-60-3)58-25-31(19-47-58)34-21-44-40-38(48-28(2)23-57(34)40)50-35-15-29(24-53-9-7-8-10-53)37(61-35)42(59)54-11-5-4-6-12-54/h15-23,25H,4-14,24,26H2,1-3H3,(H,45,46)(H,48,50)(H,49,51). The number of hydrogen-bond acceptors (Lipinski definition) is 15. The number of imidazole rings is 2. The molecule has 0 radical (unpaired) electrons. The zero-order valence-electron chi connectivity index (χ0n) is 34.9. The Hall–Kier alpha value is -6.22. The molecular formula is C42H48N16O2S2. The van der Waals surface area contributed by atoms with Crippen molar-refractivity contribution in [3.63, 3.8) is 0 Å². The lowest BCUT2D eigenvalue weighted by Crippen LogP contribution is -2.37. The number of piperidine rings is 1. The maximum Gasteiger partial charge on any atom is 0.264 e. The van der Waals surface area contributed by atoms with E-state index >= 15 is 0 Å². The van der Waals surface area contributed by atoms with Crippen LogP contribution in [-0.4, -0.2) is 115 Å². The van der Waals surface area contributed by atoms with Crippen molar-refractivity contribution >= 4 is 61.7 Å². The van der Waals surface area contributed by atoms with Crippen molar-refractivity contribution in [3.8, 4) is 22.5 Å². The molecule has 20 heteroatoms. The van der Waals surface area contributed by atoms with Gasteiger partial charge in [0.05, 0.1) is 89.0 Å². The summed E-state index contributed by atoms with van der Waals surface area (Å²) in [6.45, 7) is 10.0. The van der Waals surface area contributed by atoms with E-state index in [1.165, 1.54) is 42.1 Å². The summed E-state index contributed by atoms with van der Waals surface area (Å²) in [5.74, 6) is 1.42. The first-order valence-electron chi connectivity index (χ1n) is 21.0. The van der Waals surface area contributed by atoms with Gasteiger partial charge in [0, 0.05) is 56.5 Å². The number of methoxy groups -OCH3 is 1. The predicted octanol–water partition coefficient (Wildman–Crippen LogP) is 6.65. The third kappa shape index (κ3) is 8.13. The van der Waals surface area contributed by atoms with Gasteiger partial charge in [0.1, 0.15) is 5.00 Å². The average Bonchev–Trinajstić information content (AvgIpc) is 4.13. The van der Waals surface area contributed by atoms with Gasteiger partial charge in [-0.3, -0.25) is 28.6 Å². The van der Waals surface area contributed by atoms with Crippen LogP contribution in [0, 0.1) is 13.8 Å². The number of ether oxygens (including phenoxy) is 1. The summed E-state index contributed by atoms with van der Waals surface area (Å²) >= 11 is 2.88. The van der Waals surface area contributed by atoms with Crippen LogP contribution in [0.2, 0.25) is 0 Å². The topological polar surface area (TPSA) is 180 Å². The number of aromatic amines is 1. The fourth-order valence-corrected chi connectivity index (χ4v) is 10.0. The van der Waals surface area contributed by atoms with Crippen LogP contribution in [0.15, 0.2) is 61.7 Å². The SMILES string of the molecule is COCCN(Cc1cc(Nc2nc(C)cn3c(-c4cn[nH]c4)cnc23)sn1)n1cc(-c2cnc3c(Nc4cc(CN5CCCC5)c(C(=O)N5CCCCC5)s4)nc(C)cn23)cn1. The van der Waals surface area contributed by atoms with Gasteiger partial charge in [0.15, 0.2) is 22.9 Å². The van der Waals surface area contributed by atoms with Crippen LogP contribution in [0.1, 0.15) is 64.4 Å². The smallest absolute Gasteiger partial charge is 0.264 e. The molecule has 0 aliphatic carbocycles. The summed E-state index contributed by atoms with van der Waals surface area (Å²) in [5, 5.41) is 22.6. The fraction of sp³-hybridized carbons (Fsp3) is 0.381. The average molecular weight is 873 g/mol. The minimum atomic E-state index is 0.141. The molecule has 0 aromatic carbocycles. The van der Waals surface area contributed by atoms with Crippen LogP contribution < -0.4 is 15.6 Å². The van der Waals surface area contributed by atoms with Gasteiger partial charge in [-0.1, -0.05) is 0 Å². The Bertz CT molecular complexity index is 2820. The van der Waals surface area contributed by atoms with Crippen molar-refractivity contribution in [1.82, 2.24) is 63.0 Å². The van der Waals surface area contributed by atoms with Crippen LogP contribution in [0.4, 0.5) is 21.6 Å². The number of likely N-dealkylation sites (tertiary alicyclic amines) is 2. The van der Waals surface area contributed by atoms with Crippen molar-refractivity contribution in [3.05, 3.63) is 89.2 Å². The highest BCUT2D eigenvalue weighted by Gasteiger charge is 2.26. The molecule has 2 aliphatic rings. The first-order valence-corrected chi connectivity index (χ1v) is 22.6. The Labute approximate surface area is 365 Å². The normalized spacial score (nSPS) is 14.7. The minimum Gasteiger partial charge on any atom is -0.383 e. The van der Waals surface area contributed by atoms with Gasteiger partial charge in [-0.2, -0.15) is 19.4 Å². The number of anilines is 4. The van der Waals surface area contributed by atoms with Crippen LogP contribution >= 0.6 is 22.9 Å². The molecule has 1 amide bonds. The largest absolute Gasteiger partial charge is 0.383 e. The lowest BCUT2D eigenvalue weighted by atomic mass is 10.1. The second-order valence-corrected chi connectivity index (χ2v) is 17.7. The predicted molar refractivity (Wildman–Crippen MR) is 240 cm³/mol. The van der Waals surface area contributed by atoms with Crippen molar-refractivity contribution in [2.24, 2.45) is 0 Å². The number of H-pyrrole nitrogens is 1. The molecule has 0 bridgehead atoms. The Morgan fingerprint density at radius 2 is 1.53 bits per heavy atom. The number of nitrogens with one attached hydrogen (secondary N) is 3. The van der Waals surface area contributed by atoms with Gasteiger partial charge < -0.3 is 20.3 Å². The lowest BCUT2D eigenvalue weighted by molar-refractivity contribution is 0.0727. The van der Waals surface area contributed by atoms with Crippen molar-refractivity contribution < 1.29 is 9.53 Å². The second-order valence-electron chi connectivity index (χ2n) is 15.9. The molecular weight excluding hydrogens is 825 g/mol.